The molecule has 2 aromatic rings. The first-order valence-electron chi connectivity index (χ1n) is 10.4. The summed E-state index contributed by atoms with van der Waals surface area (Å²) < 4.78 is 0. The first-order chi connectivity index (χ1) is 14.3. The topological polar surface area (TPSA) is 61.4 Å². The summed E-state index contributed by atoms with van der Waals surface area (Å²) in [6, 6.07) is 10.4. The standard InChI is InChI=1S/C22H30ClN5OS/c1-15(2)17(4)24-21(29)14-30-22-25-19(23)13-20(26-22)28-11-9-27(10-12-28)18-8-6-5-7-16(18)3/h5-8,13,15,17H,9-12,14H2,1-4H3,(H,24,29). The average Bonchev–Trinajstić information content (AvgIpc) is 2.72. The number of amides is 1. The maximum absolute atomic E-state index is 12.2. The number of nitrogens with zero attached hydrogens (tertiary/aromatic N) is 4. The van der Waals surface area contributed by atoms with Gasteiger partial charge in [0.1, 0.15) is 11.0 Å². The lowest BCUT2D eigenvalue weighted by atomic mass is 10.1. The number of piperazine rings is 1. The van der Waals surface area contributed by atoms with Gasteiger partial charge in [-0.25, -0.2) is 9.97 Å². The van der Waals surface area contributed by atoms with Crippen LogP contribution in [0.4, 0.5) is 11.5 Å². The SMILES string of the molecule is Cc1ccccc1N1CCN(c2cc(Cl)nc(SCC(=O)NC(C)C(C)C)n2)CC1. The number of rotatable bonds is 7. The van der Waals surface area contributed by atoms with Gasteiger partial charge in [-0.3, -0.25) is 4.79 Å². The van der Waals surface area contributed by atoms with Crippen molar-refractivity contribution >= 4 is 40.8 Å². The molecular formula is C22H30ClN5OS. The third-order valence-corrected chi connectivity index (χ3v) is 6.48. The Labute approximate surface area is 188 Å². The summed E-state index contributed by atoms with van der Waals surface area (Å²) in [7, 11) is 0. The molecule has 1 aliphatic heterocycles. The number of aromatic nitrogens is 2. The molecule has 1 fully saturated rings. The lowest BCUT2D eigenvalue weighted by Gasteiger charge is -2.37. The van der Waals surface area contributed by atoms with Gasteiger partial charge in [0, 0.05) is 44.0 Å². The Morgan fingerprint density at radius 3 is 2.47 bits per heavy atom. The Balaban J connectivity index is 1.59. The highest BCUT2D eigenvalue weighted by atomic mass is 35.5. The maximum Gasteiger partial charge on any atom is 0.230 e. The van der Waals surface area contributed by atoms with E-state index in [0.29, 0.717) is 16.2 Å². The van der Waals surface area contributed by atoms with Crippen LogP contribution in [0.1, 0.15) is 26.3 Å². The quantitative estimate of drug-likeness (QED) is 0.393. The van der Waals surface area contributed by atoms with E-state index in [9.17, 15) is 4.79 Å². The van der Waals surface area contributed by atoms with Crippen molar-refractivity contribution in [1.29, 1.82) is 0 Å². The van der Waals surface area contributed by atoms with Crippen LogP contribution in [-0.4, -0.2) is 53.8 Å². The molecule has 0 radical (unpaired) electrons. The van der Waals surface area contributed by atoms with Crippen molar-refractivity contribution in [1.82, 2.24) is 15.3 Å². The minimum atomic E-state index is -0.0156. The predicted molar refractivity (Wildman–Crippen MR) is 126 cm³/mol. The first kappa shape index (κ1) is 22.7. The Kier molecular flexibility index (Phi) is 7.83. The predicted octanol–water partition coefficient (Wildman–Crippen LogP) is 4.02. The average molecular weight is 448 g/mol. The monoisotopic (exact) mass is 447 g/mol. The Morgan fingerprint density at radius 1 is 1.13 bits per heavy atom. The molecule has 3 rings (SSSR count). The number of para-hydroxylation sites is 1. The number of nitrogens with one attached hydrogen (secondary N) is 1. The zero-order chi connectivity index (χ0) is 21.7. The summed E-state index contributed by atoms with van der Waals surface area (Å²) in [6.45, 7) is 11.9. The van der Waals surface area contributed by atoms with Crippen LogP contribution in [0.3, 0.4) is 0 Å². The molecule has 162 valence electrons. The molecular weight excluding hydrogens is 418 g/mol. The molecule has 1 amide bonds. The van der Waals surface area contributed by atoms with Crippen molar-refractivity contribution in [3.63, 3.8) is 0 Å². The van der Waals surface area contributed by atoms with Crippen LogP contribution in [0, 0.1) is 12.8 Å². The number of aryl methyl sites for hydroxylation is 1. The van der Waals surface area contributed by atoms with E-state index in [1.807, 2.05) is 6.92 Å². The number of halogens is 1. The molecule has 6 nitrogen and oxygen atoms in total. The highest BCUT2D eigenvalue weighted by Crippen LogP contribution is 2.25. The smallest absolute Gasteiger partial charge is 0.230 e. The Hall–Kier alpha value is -1.99. The third-order valence-electron chi connectivity index (χ3n) is 5.44. The van der Waals surface area contributed by atoms with Gasteiger partial charge in [-0.1, -0.05) is 55.4 Å². The molecule has 1 unspecified atom stereocenters. The summed E-state index contributed by atoms with van der Waals surface area (Å²) in [4.78, 5) is 25.7. The minimum Gasteiger partial charge on any atom is -0.368 e. The lowest BCUT2D eigenvalue weighted by Crippen LogP contribution is -2.47. The van der Waals surface area contributed by atoms with Crippen molar-refractivity contribution in [2.45, 2.75) is 38.9 Å². The summed E-state index contributed by atoms with van der Waals surface area (Å²) in [6.07, 6.45) is 0. The second-order valence-corrected chi connectivity index (χ2v) is 9.31. The van der Waals surface area contributed by atoms with Crippen LogP contribution < -0.4 is 15.1 Å². The number of benzene rings is 1. The van der Waals surface area contributed by atoms with Crippen molar-refractivity contribution in [3.05, 3.63) is 41.0 Å². The molecule has 1 saturated heterocycles. The summed E-state index contributed by atoms with van der Waals surface area (Å²) >= 11 is 7.57. The maximum atomic E-state index is 12.2. The molecule has 1 aliphatic rings. The van der Waals surface area contributed by atoms with E-state index in [-0.39, 0.29) is 17.7 Å². The van der Waals surface area contributed by atoms with Crippen LogP contribution >= 0.6 is 23.4 Å². The molecule has 2 heterocycles. The van der Waals surface area contributed by atoms with Crippen molar-refractivity contribution in [3.8, 4) is 0 Å². The number of hydrogen-bond donors (Lipinski definition) is 1. The fraction of sp³-hybridized carbons (Fsp3) is 0.500. The van der Waals surface area contributed by atoms with Gasteiger partial charge in [-0.05, 0) is 31.4 Å². The molecule has 0 bridgehead atoms. The van der Waals surface area contributed by atoms with E-state index in [0.717, 1.165) is 32.0 Å². The number of carbonyl (C=O) groups excluding carboxylic acids is 1. The van der Waals surface area contributed by atoms with Gasteiger partial charge in [-0.15, -0.1) is 0 Å². The minimum absolute atomic E-state index is 0.0156. The van der Waals surface area contributed by atoms with Crippen LogP contribution in [0.15, 0.2) is 35.5 Å². The lowest BCUT2D eigenvalue weighted by molar-refractivity contribution is -0.119. The normalized spacial score (nSPS) is 15.4. The van der Waals surface area contributed by atoms with E-state index in [1.54, 1.807) is 6.07 Å². The van der Waals surface area contributed by atoms with E-state index < -0.39 is 0 Å². The highest BCUT2D eigenvalue weighted by Gasteiger charge is 2.21. The zero-order valence-electron chi connectivity index (χ0n) is 18.1. The largest absolute Gasteiger partial charge is 0.368 e. The van der Waals surface area contributed by atoms with Gasteiger partial charge >= 0.3 is 0 Å². The summed E-state index contributed by atoms with van der Waals surface area (Å²) in [5, 5.41) is 3.94. The van der Waals surface area contributed by atoms with Gasteiger partial charge in [0.05, 0.1) is 5.75 Å². The molecule has 0 saturated carbocycles. The number of carbonyl (C=O) groups is 1. The highest BCUT2D eigenvalue weighted by molar-refractivity contribution is 7.99. The van der Waals surface area contributed by atoms with Gasteiger partial charge in [0.25, 0.3) is 0 Å². The molecule has 1 N–H and O–H groups in total. The van der Waals surface area contributed by atoms with Gasteiger partial charge in [0.15, 0.2) is 5.16 Å². The fourth-order valence-corrected chi connectivity index (χ4v) is 4.19. The van der Waals surface area contributed by atoms with Crippen LogP contribution in [0.25, 0.3) is 0 Å². The van der Waals surface area contributed by atoms with E-state index in [2.05, 4.69) is 70.1 Å². The number of thioether (sulfide) groups is 1. The van der Waals surface area contributed by atoms with Crippen LogP contribution in [0.2, 0.25) is 5.15 Å². The molecule has 30 heavy (non-hydrogen) atoms. The number of anilines is 2. The summed E-state index contributed by atoms with van der Waals surface area (Å²) in [5.74, 6) is 1.47. The zero-order valence-corrected chi connectivity index (χ0v) is 19.6. The van der Waals surface area contributed by atoms with E-state index in [1.165, 1.54) is 23.0 Å². The van der Waals surface area contributed by atoms with E-state index >= 15 is 0 Å². The van der Waals surface area contributed by atoms with Crippen LogP contribution in [-0.2, 0) is 4.79 Å². The molecule has 0 spiro atoms. The Morgan fingerprint density at radius 2 is 1.80 bits per heavy atom. The first-order valence-corrected chi connectivity index (χ1v) is 11.7. The second kappa shape index (κ2) is 10.4. The van der Waals surface area contributed by atoms with Crippen molar-refractivity contribution < 1.29 is 4.79 Å². The van der Waals surface area contributed by atoms with Crippen molar-refractivity contribution in [2.24, 2.45) is 5.92 Å². The fourth-order valence-electron chi connectivity index (χ4n) is 3.30. The molecule has 0 aliphatic carbocycles. The Bertz CT molecular complexity index is 870. The summed E-state index contributed by atoms with van der Waals surface area (Å²) in [5.41, 5.74) is 2.58. The molecule has 8 heteroatoms. The molecule has 1 aromatic heterocycles. The van der Waals surface area contributed by atoms with Gasteiger partial charge < -0.3 is 15.1 Å². The van der Waals surface area contributed by atoms with Crippen LogP contribution in [0.5, 0.6) is 0 Å². The van der Waals surface area contributed by atoms with Gasteiger partial charge in [0.2, 0.25) is 5.91 Å². The molecule has 1 atom stereocenters. The third kappa shape index (κ3) is 6.01. The van der Waals surface area contributed by atoms with Gasteiger partial charge in [-0.2, -0.15) is 0 Å². The van der Waals surface area contributed by atoms with Crippen molar-refractivity contribution in [2.75, 3.05) is 41.7 Å². The number of hydrogen-bond acceptors (Lipinski definition) is 6. The molecule has 1 aromatic carbocycles. The van der Waals surface area contributed by atoms with E-state index in [4.69, 9.17) is 11.6 Å². The second-order valence-electron chi connectivity index (χ2n) is 7.98.